The van der Waals surface area contributed by atoms with Crippen molar-refractivity contribution in [3.63, 3.8) is 0 Å². The molecule has 0 bridgehead atoms. The predicted octanol–water partition coefficient (Wildman–Crippen LogP) is 0.0143. The average molecular weight is 283 g/mol. The van der Waals surface area contributed by atoms with Crippen LogP contribution < -0.4 is 10.9 Å². The van der Waals surface area contributed by atoms with Gasteiger partial charge in [-0.05, 0) is 13.3 Å². The lowest BCUT2D eigenvalue weighted by atomic mass is 10.2. The smallest absolute Gasteiger partial charge is 0.277 e. The molecule has 112 valence electrons. The number of aliphatic hydroxyl groups excluding tert-OH is 2. The first-order valence-electron chi connectivity index (χ1n) is 6.84. The summed E-state index contributed by atoms with van der Waals surface area (Å²) in [4.78, 5) is 15.7. The van der Waals surface area contributed by atoms with Gasteiger partial charge in [-0.2, -0.15) is 4.98 Å². The summed E-state index contributed by atoms with van der Waals surface area (Å²) in [6, 6.07) is 0. The number of hydrogen-bond acceptors (Lipinski definition) is 6. The maximum atomic E-state index is 11.7. The molecule has 2 heterocycles. The summed E-state index contributed by atoms with van der Waals surface area (Å²) in [6.45, 7) is 4.15. The molecule has 0 unspecified atom stereocenters. The Bertz CT molecular complexity index is 517. The van der Waals surface area contributed by atoms with Crippen LogP contribution in [0.5, 0.6) is 0 Å². The molecular weight excluding hydrogens is 262 g/mol. The third kappa shape index (κ3) is 3.00. The normalized spacial score (nSPS) is 25.9. The Kier molecular flexibility index (Phi) is 4.74. The van der Waals surface area contributed by atoms with E-state index in [1.807, 2.05) is 6.92 Å². The van der Waals surface area contributed by atoms with E-state index in [0.717, 1.165) is 6.42 Å². The van der Waals surface area contributed by atoms with Gasteiger partial charge in [-0.25, -0.2) is 0 Å². The van der Waals surface area contributed by atoms with Crippen LogP contribution in [0.1, 0.15) is 31.6 Å². The van der Waals surface area contributed by atoms with Gasteiger partial charge in [0, 0.05) is 24.7 Å². The second kappa shape index (κ2) is 6.34. The van der Waals surface area contributed by atoms with Gasteiger partial charge in [-0.15, -0.1) is 0 Å². The van der Waals surface area contributed by atoms with E-state index in [0.29, 0.717) is 24.5 Å². The second-order valence-corrected chi connectivity index (χ2v) is 5.00. The first kappa shape index (κ1) is 15.0. The molecular formula is C13H21N3O4. The van der Waals surface area contributed by atoms with Crippen molar-refractivity contribution in [2.75, 3.05) is 18.5 Å². The van der Waals surface area contributed by atoms with E-state index >= 15 is 0 Å². The summed E-state index contributed by atoms with van der Waals surface area (Å²) in [5.41, 5.74) is 0.231. The summed E-state index contributed by atoms with van der Waals surface area (Å²) in [5.74, 6) is 0.429. The Balaban J connectivity index is 2.30. The van der Waals surface area contributed by atoms with E-state index in [2.05, 4.69) is 10.3 Å². The van der Waals surface area contributed by atoms with Gasteiger partial charge in [-0.1, -0.05) is 6.92 Å². The number of anilines is 1. The lowest BCUT2D eigenvalue weighted by Gasteiger charge is -2.20. The lowest BCUT2D eigenvalue weighted by molar-refractivity contribution is -0.0441. The number of aromatic nitrogens is 2. The monoisotopic (exact) mass is 283 g/mol. The molecule has 1 aromatic rings. The van der Waals surface area contributed by atoms with Gasteiger partial charge >= 0.3 is 0 Å². The fourth-order valence-electron chi connectivity index (χ4n) is 2.20. The highest BCUT2D eigenvalue weighted by Crippen LogP contribution is 2.30. The number of ether oxygens (including phenoxy) is 1. The summed E-state index contributed by atoms with van der Waals surface area (Å²) >= 11 is 0. The summed E-state index contributed by atoms with van der Waals surface area (Å²) < 4.78 is 7.32. The van der Waals surface area contributed by atoms with Crippen LogP contribution >= 0.6 is 0 Å². The topological polar surface area (TPSA) is 96.6 Å². The van der Waals surface area contributed by atoms with Crippen molar-refractivity contribution in [3.05, 3.63) is 22.1 Å². The molecule has 1 saturated heterocycles. The number of hydrogen-bond donors (Lipinski definition) is 3. The van der Waals surface area contributed by atoms with E-state index in [1.54, 1.807) is 17.7 Å². The van der Waals surface area contributed by atoms with Crippen LogP contribution in [0.4, 0.5) is 5.95 Å². The largest absolute Gasteiger partial charge is 0.394 e. The molecule has 1 aliphatic rings. The molecule has 0 aromatic carbocycles. The van der Waals surface area contributed by atoms with E-state index < -0.39 is 18.4 Å². The Morgan fingerprint density at radius 3 is 2.95 bits per heavy atom. The van der Waals surface area contributed by atoms with Crippen LogP contribution in [0.15, 0.2) is 11.0 Å². The first-order chi connectivity index (χ1) is 9.56. The van der Waals surface area contributed by atoms with Crippen molar-refractivity contribution in [1.29, 1.82) is 0 Å². The highest BCUT2D eigenvalue weighted by Gasteiger charge is 2.35. The van der Waals surface area contributed by atoms with Crippen molar-refractivity contribution in [1.82, 2.24) is 9.55 Å². The van der Waals surface area contributed by atoms with Gasteiger partial charge in [0.15, 0.2) is 0 Å². The zero-order valence-corrected chi connectivity index (χ0v) is 11.7. The van der Waals surface area contributed by atoms with Crippen LogP contribution in [0.25, 0.3) is 0 Å². The molecule has 7 heteroatoms. The predicted molar refractivity (Wildman–Crippen MR) is 73.6 cm³/mol. The highest BCUT2D eigenvalue weighted by molar-refractivity contribution is 5.27. The van der Waals surface area contributed by atoms with E-state index in [1.165, 1.54) is 0 Å². The van der Waals surface area contributed by atoms with Crippen LogP contribution in [-0.2, 0) is 4.74 Å². The maximum Gasteiger partial charge on any atom is 0.277 e. The first-order valence-corrected chi connectivity index (χ1v) is 6.84. The highest BCUT2D eigenvalue weighted by atomic mass is 16.5. The number of rotatable bonds is 5. The second-order valence-electron chi connectivity index (χ2n) is 5.00. The molecule has 2 rings (SSSR count). The minimum absolute atomic E-state index is 0.234. The molecule has 0 radical (unpaired) electrons. The molecule has 20 heavy (non-hydrogen) atoms. The van der Waals surface area contributed by atoms with Crippen molar-refractivity contribution >= 4 is 5.95 Å². The third-order valence-corrected chi connectivity index (χ3v) is 3.35. The number of aliphatic hydroxyl groups is 2. The number of nitrogens with one attached hydrogen (secondary N) is 1. The van der Waals surface area contributed by atoms with Gasteiger partial charge in [0.2, 0.25) is 5.95 Å². The van der Waals surface area contributed by atoms with Crippen LogP contribution in [0, 0.1) is 6.92 Å². The molecule has 0 amide bonds. The zero-order valence-electron chi connectivity index (χ0n) is 11.7. The molecule has 0 saturated carbocycles. The Morgan fingerprint density at radius 2 is 2.35 bits per heavy atom. The van der Waals surface area contributed by atoms with Crippen molar-refractivity contribution < 1.29 is 14.9 Å². The Labute approximate surface area is 117 Å². The molecule has 7 nitrogen and oxygen atoms in total. The molecule has 3 N–H and O–H groups in total. The molecule has 1 fully saturated rings. The number of nitrogens with zero attached hydrogens (tertiary/aromatic N) is 2. The Morgan fingerprint density at radius 1 is 1.60 bits per heavy atom. The molecule has 1 aliphatic heterocycles. The number of aryl methyl sites for hydroxylation is 1. The van der Waals surface area contributed by atoms with Gasteiger partial charge in [0.25, 0.3) is 5.56 Å². The van der Waals surface area contributed by atoms with E-state index in [9.17, 15) is 9.90 Å². The van der Waals surface area contributed by atoms with Crippen molar-refractivity contribution in [2.24, 2.45) is 0 Å². The fraction of sp³-hybridized carbons (Fsp3) is 0.692. The molecule has 0 aliphatic carbocycles. The standard InChI is InChI=1S/C13H21N3O4/c1-3-4-14-13-15-12(19)8(2)6-16(13)11-5-9(18)10(7-17)20-11/h6,9-11,17-18H,3-5,7H2,1-2H3,(H,14,15,19)/t9-,10+,11+/m0/s1. The fourth-order valence-corrected chi connectivity index (χ4v) is 2.20. The van der Waals surface area contributed by atoms with Gasteiger partial charge in [-0.3, -0.25) is 9.36 Å². The van der Waals surface area contributed by atoms with E-state index in [4.69, 9.17) is 9.84 Å². The maximum absolute atomic E-state index is 11.7. The van der Waals surface area contributed by atoms with Gasteiger partial charge in [0.1, 0.15) is 12.3 Å². The third-order valence-electron chi connectivity index (χ3n) is 3.35. The molecule has 1 aromatic heterocycles. The summed E-state index contributed by atoms with van der Waals surface area (Å²) in [5, 5.41) is 22.0. The lowest BCUT2D eigenvalue weighted by Crippen LogP contribution is -2.25. The summed E-state index contributed by atoms with van der Waals surface area (Å²) in [6.07, 6.45) is 1.17. The van der Waals surface area contributed by atoms with Crippen LogP contribution in [-0.4, -0.2) is 45.1 Å². The van der Waals surface area contributed by atoms with Gasteiger partial charge in [0.05, 0.1) is 12.7 Å². The van der Waals surface area contributed by atoms with Crippen LogP contribution in [0.2, 0.25) is 0 Å². The summed E-state index contributed by atoms with van der Waals surface area (Å²) in [7, 11) is 0. The molecule has 3 atom stereocenters. The zero-order chi connectivity index (χ0) is 14.7. The van der Waals surface area contributed by atoms with Gasteiger partial charge < -0.3 is 20.3 Å². The van der Waals surface area contributed by atoms with E-state index in [-0.39, 0.29) is 12.2 Å². The van der Waals surface area contributed by atoms with Crippen LogP contribution in [0.3, 0.4) is 0 Å². The minimum Gasteiger partial charge on any atom is -0.394 e. The minimum atomic E-state index is -0.719. The Hall–Kier alpha value is -1.44. The average Bonchev–Trinajstić information content (AvgIpc) is 2.80. The molecule has 0 spiro atoms. The SMILES string of the molecule is CCCNc1nc(=O)c(C)cn1[C@H]1C[C@H](O)[C@@H](CO)O1. The van der Waals surface area contributed by atoms with Crippen molar-refractivity contribution in [3.8, 4) is 0 Å². The van der Waals surface area contributed by atoms with Crippen molar-refractivity contribution in [2.45, 2.75) is 45.1 Å². The quantitative estimate of drug-likeness (QED) is 0.704.